The Labute approximate surface area is 169 Å². The Morgan fingerprint density at radius 3 is 2.69 bits per heavy atom. The number of furan rings is 1. The van der Waals surface area contributed by atoms with Crippen LogP contribution in [0.4, 0.5) is 11.4 Å². The van der Waals surface area contributed by atoms with Gasteiger partial charge in [0.2, 0.25) is 5.91 Å². The first-order valence-electron chi connectivity index (χ1n) is 9.62. The van der Waals surface area contributed by atoms with E-state index in [-0.39, 0.29) is 18.4 Å². The standard InChI is InChI=1S/C23H23N3O3/c1-25(22(27)16-26-13-12-17-7-2-4-10-20(17)26)21-11-5-3-9-19(21)23(28)24-15-18-8-6-14-29-18/h2-11,14H,12-13,15-16H2,1H3,(H,24,28). The van der Waals surface area contributed by atoms with Gasteiger partial charge in [-0.25, -0.2) is 0 Å². The second kappa shape index (κ2) is 8.22. The van der Waals surface area contributed by atoms with Crippen molar-refractivity contribution in [3.8, 4) is 0 Å². The molecule has 0 fully saturated rings. The number of fused-ring (bicyclic) bond motifs is 1. The molecule has 1 N–H and O–H groups in total. The molecule has 6 heteroatoms. The molecule has 2 aromatic carbocycles. The number of hydrogen-bond acceptors (Lipinski definition) is 4. The molecule has 3 aromatic rings. The summed E-state index contributed by atoms with van der Waals surface area (Å²) in [4.78, 5) is 29.3. The summed E-state index contributed by atoms with van der Waals surface area (Å²) in [5.74, 6) is 0.365. The zero-order valence-corrected chi connectivity index (χ0v) is 16.3. The topological polar surface area (TPSA) is 65.8 Å². The van der Waals surface area contributed by atoms with Gasteiger partial charge in [-0.15, -0.1) is 0 Å². The number of anilines is 2. The molecular weight excluding hydrogens is 366 g/mol. The lowest BCUT2D eigenvalue weighted by Gasteiger charge is -2.25. The minimum Gasteiger partial charge on any atom is -0.467 e. The number of likely N-dealkylation sites (N-methyl/N-ethyl adjacent to an activating group) is 1. The van der Waals surface area contributed by atoms with E-state index in [9.17, 15) is 9.59 Å². The fourth-order valence-corrected chi connectivity index (χ4v) is 3.61. The molecule has 29 heavy (non-hydrogen) atoms. The molecule has 2 heterocycles. The number of carbonyl (C=O) groups is 2. The maximum absolute atomic E-state index is 13.0. The lowest BCUT2D eigenvalue weighted by atomic mass is 10.1. The van der Waals surface area contributed by atoms with Crippen molar-refractivity contribution in [1.29, 1.82) is 0 Å². The lowest BCUT2D eigenvalue weighted by Crippen LogP contribution is -2.38. The Morgan fingerprint density at radius 1 is 1.07 bits per heavy atom. The highest BCUT2D eigenvalue weighted by atomic mass is 16.3. The normalized spacial score (nSPS) is 12.5. The van der Waals surface area contributed by atoms with Crippen molar-refractivity contribution in [2.75, 3.05) is 29.9 Å². The van der Waals surface area contributed by atoms with Crippen LogP contribution in [0.25, 0.3) is 0 Å². The summed E-state index contributed by atoms with van der Waals surface area (Å²) in [6, 6.07) is 18.9. The van der Waals surface area contributed by atoms with Crippen molar-refractivity contribution >= 4 is 23.2 Å². The number of para-hydroxylation sites is 2. The highest BCUT2D eigenvalue weighted by Crippen LogP contribution is 2.27. The molecule has 0 radical (unpaired) electrons. The first-order chi connectivity index (χ1) is 14.1. The van der Waals surface area contributed by atoms with Crippen molar-refractivity contribution in [2.24, 2.45) is 0 Å². The molecular formula is C23H23N3O3. The van der Waals surface area contributed by atoms with Crippen LogP contribution in [-0.4, -0.2) is 32.0 Å². The van der Waals surface area contributed by atoms with Crippen LogP contribution in [0.5, 0.6) is 0 Å². The molecule has 4 rings (SSSR count). The summed E-state index contributed by atoms with van der Waals surface area (Å²) in [7, 11) is 1.71. The predicted octanol–water partition coefficient (Wildman–Crippen LogP) is 3.24. The zero-order valence-electron chi connectivity index (χ0n) is 16.3. The van der Waals surface area contributed by atoms with Crippen LogP contribution < -0.4 is 15.1 Å². The Kier molecular flexibility index (Phi) is 5.33. The Bertz CT molecular complexity index is 1010. The second-order valence-corrected chi connectivity index (χ2v) is 7.03. The van der Waals surface area contributed by atoms with Crippen LogP contribution in [0.2, 0.25) is 0 Å². The monoisotopic (exact) mass is 389 g/mol. The van der Waals surface area contributed by atoms with E-state index >= 15 is 0 Å². The van der Waals surface area contributed by atoms with Crippen LogP contribution in [0.3, 0.4) is 0 Å². The highest BCUT2D eigenvalue weighted by Gasteiger charge is 2.24. The SMILES string of the molecule is CN(C(=O)CN1CCc2ccccc21)c1ccccc1C(=O)NCc1ccco1. The van der Waals surface area contributed by atoms with Gasteiger partial charge in [0.05, 0.1) is 30.6 Å². The van der Waals surface area contributed by atoms with E-state index in [0.29, 0.717) is 23.6 Å². The number of rotatable bonds is 6. The third kappa shape index (κ3) is 4.01. The maximum atomic E-state index is 13.0. The molecule has 6 nitrogen and oxygen atoms in total. The van der Waals surface area contributed by atoms with Gasteiger partial charge in [0.25, 0.3) is 5.91 Å². The highest BCUT2D eigenvalue weighted by molar-refractivity contribution is 6.05. The van der Waals surface area contributed by atoms with Gasteiger partial charge in [-0.1, -0.05) is 30.3 Å². The van der Waals surface area contributed by atoms with Crippen molar-refractivity contribution in [1.82, 2.24) is 5.32 Å². The molecule has 0 spiro atoms. The molecule has 0 atom stereocenters. The van der Waals surface area contributed by atoms with E-state index < -0.39 is 0 Å². The molecule has 0 saturated carbocycles. The van der Waals surface area contributed by atoms with E-state index in [2.05, 4.69) is 16.3 Å². The third-order valence-electron chi connectivity index (χ3n) is 5.20. The van der Waals surface area contributed by atoms with E-state index in [1.54, 1.807) is 48.5 Å². The van der Waals surface area contributed by atoms with Gasteiger partial charge in [-0.2, -0.15) is 0 Å². The van der Waals surface area contributed by atoms with Crippen LogP contribution in [-0.2, 0) is 17.8 Å². The molecule has 148 valence electrons. The quantitative estimate of drug-likeness (QED) is 0.703. The number of nitrogens with one attached hydrogen (secondary N) is 1. The van der Waals surface area contributed by atoms with Crippen molar-refractivity contribution in [3.05, 3.63) is 83.8 Å². The summed E-state index contributed by atoms with van der Waals surface area (Å²) in [5.41, 5.74) is 3.41. The van der Waals surface area contributed by atoms with Crippen LogP contribution in [0, 0.1) is 0 Å². The van der Waals surface area contributed by atoms with Crippen molar-refractivity contribution in [2.45, 2.75) is 13.0 Å². The van der Waals surface area contributed by atoms with Gasteiger partial charge in [-0.3, -0.25) is 9.59 Å². The minimum absolute atomic E-state index is 0.0620. The van der Waals surface area contributed by atoms with Gasteiger partial charge >= 0.3 is 0 Å². The van der Waals surface area contributed by atoms with E-state index in [1.807, 2.05) is 24.3 Å². The van der Waals surface area contributed by atoms with E-state index in [1.165, 1.54) is 5.56 Å². The van der Waals surface area contributed by atoms with Crippen LogP contribution >= 0.6 is 0 Å². The Hall–Kier alpha value is -3.54. The number of benzene rings is 2. The Morgan fingerprint density at radius 2 is 1.86 bits per heavy atom. The number of hydrogen-bond donors (Lipinski definition) is 1. The van der Waals surface area contributed by atoms with Gasteiger partial charge in [0.1, 0.15) is 5.76 Å². The average molecular weight is 389 g/mol. The summed E-state index contributed by atoms with van der Waals surface area (Å²) in [5, 5.41) is 2.84. The number of nitrogens with zero attached hydrogens (tertiary/aromatic N) is 2. The average Bonchev–Trinajstić information content (AvgIpc) is 3.42. The molecule has 1 aliphatic heterocycles. The molecule has 0 saturated heterocycles. The molecule has 2 amide bonds. The van der Waals surface area contributed by atoms with Crippen molar-refractivity contribution < 1.29 is 14.0 Å². The summed E-state index contributed by atoms with van der Waals surface area (Å²) >= 11 is 0. The Balaban J connectivity index is 1.46. The molecule has 1 aromatic heterocycles. The molecule has 1 aliphatic rings. The molecule has 0 aliphatic carbocycles. The molecule has 0 unspecified atom stereocenters. The minimum atomic E-state index is -0.247. The predicted molar refractivity (Wildman–Crippen MR) is 112 cm³/mol. The number of amides is 2. The maximum Gasteiger partial charge on any atom is 0.253 e. The van der Waals surface area contributed by atoms with E-state index in [4.69, 9.17) is 4.42 Å². The lowest BCUT2D eigenvalue weighted by molar-refractivity contribution is -0.117. The smallest absolute Gasteiger partial charge is 0.253 e. The van der Waals surface area contributed by atoms with Gasteiger partial charge < -0.3 is 19.5 Å². The third-order valence-corrected chi connectivity index (χ3v) is 5.20. The second-order valence-electron chi connectivity index (χ2n) is 7.03. The summed E-state index contributed by atoms with van der Waals surface area (Å²) < 4.78 is 5.25. The largest absolute Gasteiger partial charge is 0.467 e. The first-order valence-corrected chi connectivity index (χ1v) is 9.62. The van der Waals surface area contributed by atoms with Crippen molar-refractivity contribution in [3.63, 3.8) is 0 Å². The molecule has 0 bridgehead atoms. The van der Waals surface area contributed by atoms with E-state index in [0.717, 1.165) is 18.7 Å². The summed E-state index contributed by atoms with van der Waals surface area (Å²) in [6.07, 6.45) is 2.51. The zero-order chi connectivity index (χ0) is 20.2. The van der Waals surface area contributed by atoms with Crippen LogP contribution in [0.1, 0.15) is 21.7 Å². The van der Waals surface area contributed by atoms with Gasteiger partial charge in [0.15, 0.2) is 0 Å². The first kappa shape index (κ1) is 18.8. The van der Waals surface area contributed by atoms with Gasteiger partial charge in [0, 0.05) is 19.3 Å². The summed E-state index contributed by atoms with van der Waals surface area (Å²) in [6.45, 7) is 1.39. The number of carbonyl (C=O) groups excluding carboxylic acids is 2. The van der Waals surface area contributed by atoms with Gasteiger partial charge in [-0.05, 0) is 42.3 Å². The fourth-order valence-electron chi connectivity index (χ4n) is 3.61. The van der Waals surface area contributed by atoms with Crippen LogP contribution in [0.15, 0.2) is 71.3 Å². The fraction of sp³-hybridized carbons (Fsp3) is 0.217.